The van der Waals surface area contributed by atoms with Crippen molar-refractivity contribution < 1.29 is 19.4 Å². The van der Waals surface area contributed by atoms with Crippen LogP contribution < -0.4 is 0 Å². The fourth-order valence-electron chi connectivity index (χ4n) is 3.74. The van der Waals surface area contributed by atoms with E-state index in [4.69, 9.17) is 16.3 Å². The molecule has 2 fully saturated rings. The first-order chi connectivity index (χ1) is 12.5. The first-order valence-electron chi connectivity index (χ1n) is 8.31. The average Bonchev–Trinajstić information content (AvgIpc) is 3.27. The third kappa shape index (κ3) is 2.90. The second-order valence-electron chi connectivity index (χ2n) is 6.72. The van der Waals surface area contributed by atoms with Gasteiger partial charge >= 0.3 is 5.97 Å². The molecular weight excluding hydrogens is 376 g/mol. The van der Waals surface area contributed by atoms with Crippen LogP contribution in [0.25, 0.3) is 10.6 Å². The van der Waals surface area contributed by atoms with Gasteiger partial charge in [-0.25, -0.2) is 4.98 Å². The second-order valence-corrected chi connectivity index (χ2v) is 8.01. The van der Waals surface area contributed by atoms with E-state index < -0.39 is 11.4 Å². The number of aliphatic carboxylic acids is 1. The topological polar surface area (TPSA) is 79.7 Å². The molecule has 136 valence electrons. The molecular formula is C18H17ClN2O4S. The van der Waals surface area contributed by atoms with E-state index in [1.54, 1.807) is 22.4 Å². The fraction of sp³-hybridized carbons (Fsp3) is 0.389. The molecule has 1 amide bonds. The fourth-order valence-corrected chi connectivity index (χ4v) is 4.72. The predicted octanol–water partition coefficient (Wildman–Crippen LogP) is 3.03. The number of ether oxygens (including phenoxy) is 1. The molecule has 1 N–H and O–H groups in total. The van der Waals surface area contributed by atoms with Gasteiger partial charge in [-0.1, -0.05) is 23.7 Å². The highest BCUT2D eigenvalue weighted by atomic mass is 35.5. The van der Waals surface area contributed by atoms with Gasteiger partial charge in [0.1, 0.15) is 10.7 Å². The van der Waals surface area contributed by atoms with E-state index >= 15 is 0 Å². The van der Waals surface area contributed by atoms with Crippen LogP contribution in [0.2, 0.25) is 5.02 Å². The van der Waals surface area contributed by atoms with Gasteiger partial charge in [0.15, 0.2) is 0 Å². The number of halogens is 1. The Labute approximate surface area is 159 Å². The number of carbonyl (C=O) groups excluding carboxylic acids is 1. The highest BCUT2D eigenvalue weighted by Gasteiger charge is 2.55. The van der Waals surface area contributed by atoms with Crippen molar-refractivity contribution in [2.45, 2.75) is 6.42 Å². The Kier molecular flexibility index (Phi) is 4.46. The van der Waals surface area contributed by atoms with E-state index in [0.717, 1.165) is 5.56 Å². The summed E-state index contributed by atoms with van der Waals surface area (Å²) in [7, 11) is 0. The molecule has 6 nitrogen and oxygen atoms in total. The molecule has 8 heteroatoms. The van der Waals surface area contributed by atoms with E-state index in [9.17, 15) is 14.7 Å². The lowest BCUT2D eigenvalue weighted by molar-refractivity contribution is -0.157. The largest absolute Gasteiger partial charge is 0.481 e. The zero-order valence-corrected chi connectivity index (χ0v) is 15.4. The maximum absolute atomic E-state index is 12.9. The first-order valence-corrected chi connectivity index (χ1v) is 9.57. The number of carbonyl (C=O) groups is 2. The van der Waals surface area contributed by atoms with E-state index in [0.29, 0.717) is 41.9 Å². The third-order valence-corrected chi connectivity index (χ3v) is 6.34. The molecule has 26 heavy (non-hydrogen) atoms. The maximum Gasteiger partial charge on any atom is 0.311 e. The number of likely N-dealkylation sites (tertiary alicyclic amines) is 1. The minimum atomic E-state index is -0.903. The highest BCUT2D eigenvalue weighted by Crippen LogP contribution is 2.43. The van der Waals surface area contributed by atoms with Crippen LogP contribution >= 0.6 is 22.9 Å². The van der Waals surface area contributed by atoms with Crippen LogP contribution in [0, 0.1) is 11.3 Å². The molecule has 1 aromatic heterocycles. The molecule has 2 saturated heterocycles. The van der Waals surface area contributed by atoms with Crippen LogP contribution in [0.15, 0.2) is 29.6 Å². The lowest BCUT2D eigenvalue weighted by Crippen LogP contribution is -2.45. The van der Waals surface area contributed by atoms with Crippen LogP contribution in [-0.4, -0.2) is 53.2 Å². The summed E-state index contributed by atoms with van der Waals surface area (Å²) in [6.45, 7) is 1.38. The van der Waals surface area contributed by atoms with Crippen LogP contribution in [0.4, 0.5) is 0 Å². The van der Waals surface area contributed by atoms with E-state index in [1.165, 1.54) is 11.3 Å². The number of hydrogen-bond donors (Lipinski definition) is 1. The van der Waals surface area contributed by atoms with Crippen LogP contribution in [0.3, 0.4) is 0 Å². The summed E-state index contributed by atoms with van der Waals surface area (Å²) >= 11 is 7.39. The van der Waals surface area contributed by atoms with E-state index in [-0.39, 0.29) is 18.4 Å². The number of aromatic nitrogens is 1. The molecule has 0 bridgehead atoms. The summed E-state index contributed by atoms with van der Waals surface area (Å²) in [6, 6.07) is 7.31. The Morgan fingerprint density at radius 3 is 3.00 bits per heavy atom. The van der Waals surface area contributed by atoms with E-state index in [2.05, 4.69) is 4.98 Å². The SMILES string of the molecule is O=C(c1csc(-c2cccc(Cl)c2)n1)N1C[C@H]2COCC[C@@]2(C(=O)O)C1. The van der Waals surface area contributed by atoms with Gasteiger partial charge in [0.25, 0.3) is 5.91 Å². The van der Waals surface area contributed by atoms with E-state index in [1.807, 2.05) is 12.1 Å². The molecule has 0 aliphatic carbocycles. The highest BCUT2D eigenvalue weighted by molar-refractivity contribution is 7.13. The van der Waals surface area contributed by atoms with Crippen LogP contribution in [0.5, 0.6) is 0 Å². The zero-order valence-electron chi connectivity index (χ0n) is 13.9. The van der Waals surface area contributed by atoms with Gasteiger partial charge in [0.2, 0.25) is 0 Å². The smallest absolute Gasteiger partial charge is 0.311 e. The van der Waals surface area contributed by atoms with Crippen LogP contribution in [0.1, 0.15) is 16.9 Å². The van der Waals surface area contributed by atoms with Crippen LogP contribution in [-0.2, 0) is 9.53 Å². The number of amides is 1. The molecule has 1 aromatic carbocycles. The van der Waals surface area contributed by atoms with Gasteiger partial charge in [-0.15, -0.1) is 11.3 Å². The number of carboxylic acids is 1. The number of thiazole rings is 1. The third-order valence-electron chi connectivity index (χ3n) is 5.21. The van der Waals surface area contributed by atoms with Crippen molar-refractivity contribution >= 4 is 34.8 Å². The van der Waals surface area contributed by atoms with Gasteiger partial charge in [-0.05, 0) is 18.6 Å². The molecule has 4 rings (SSSR count). The van der Waals surface area contributed by atoms with Crippen molar-refractivity contribution in [2.24, 2.45) is 11.3 Å². The summed E-state index contributed by atoms with van der Waals surface area (Å²) in [5, 5.41) is 12.8. The average molecular weight is 393 g/mol. The molecule has 0 radical (unpaired) electrons. The zero-order chi connectivity index (χ0) is 18.3. The number of benzene rings is 1. The molecule has 2 aliphatic rings. The number of nitrogens with zero attached hydrogens (tertiary/aromatic N) is 2. The van der Waals surface area contributed by atoms with Gasteiger partial charge in [0, 0.05) is 41.6 Å². The minimum Gasteiger partial charge on any atom is -0.481 e. The Morgan fingerprint density at radius 2 is 2.27 bits per heavy atom. The molecule has 2 aromatic rings. The van der Waals surface area contributed by atoms with Gasteiger partial charge < -0.3 is 14.7 Å². The van der Waals surface area contributed by atoms with Crippen molar-refractivity contribution in [3.8, 4) is 10.6 Å². The quantitative estimate of drug-likeness (QED) is 0.868. The van der Waals surface area contributed by atoms with Gasteiger partial charge in [-0.2, -0.15) is 0 Å². The number of rotatable bonds is 3. The van der Waals surface area contributed by atoms with Gasteiger partial charge in [0.05, 0.1) is 12.0 Å². The molecule has 3 heterocycles. The number of fused-ring (bicyclic) bond motifs is 1. The summed E-state index contributed by atoms with van der Waals surface area (Å²) in [6.07, 6.45) is 0.432. The Hall–Kier alpha value is -1.96. The molecule has 2 aliphatic heterocycles. The monoisotopic (exact) mass is 392 g/mol. The second kappa shape index (κ2) is 6.64. The van der Waals surface area contributed by atoms with Crippen molar-refractivity contribution in [3.63, 3.8) is 0 Å². The van der Waals surface area contributed by atoms with Crippen molar-refractivity contribution in [1.82, 2.24) is 9.88 Å². The Balaban J connectivity index is 1.56. The standard InChI is InChI=1S/C18H17ClN2O4S/c19-13-3-1-2-11(6-13)15-20-14(9-26-15)16(22)21-7-12-8-25-5-4-18(12,10-21)17(23)24/h1-3,6,9,12H,4-5,7-8,10H2,(H,23,24)/t12-,18+/m0/s1. The summed E-state index contributed by atoms with van der Waals surface area (Å²) in [5.74, 6) is -1.26. The summed E-state index contributed by atoms with van der Waals surface area (Å²) in [5.41, 5.74) is 0.289. The summed E-state index contributed by atoms with van der Waals surface area (Å²) in [4.78, 5) is 30.8. The molecule has 2 atom stereocenters. The molecule has 0 saturated carbocycles. The minimum absolute atomic E-state index is 0.177. The summed E-state index contributed by atoms with van der Waals surface area (Å²) < 4.78 is 5.44. The van der Waals surface area contributed by atoms with Crippen molar-refractivity contribution in [3.05, 3.63) is 40.4 Å². The van der Waals surface area contributed by atoms with Crippen molar-refractivity contribution in [1.29, 1.82) is 0 Å². The normalized spacial score (nSPS) is 25.1. The molecule has 0 unspecified atom stereocenters. The Morgan fingerprint density at radius 1 is 1.42 bits per heavy atom. The van der Waals surface area contributed by atoms with Gasteiger partial charge in [-0.3, -0.25) is 9.59 Å². The number of carboxylic acid groups (broad SMARTS) is 1. The number of hydrogen-bond acceptors (Lipinski definition) is 5. The lowest BCUT2D eigenvalue weighted by atomic mass is 9.74. The van der Waals surface area contributed by atoms with Crippen molar-refractivity contribution in [2.75, 3.05) is 26.3 Å². The maximum atomic E-state index is 12.9. The first kappa shape index (κ1) is 17.5. The predicted molar refractivity (Wildman–Crippen MR) is 97.5 cm³/mol. The molecule has 0 spiro atoms. The Bertz CT molecular complexity index is 870. The lowest BCUT2D eigenvalue weighted by Gasteiger charge is -2.33.